The molecular weight excluding hydrogens is 365 g/mol. The number of hydrogen-bond acceptors (Lipinski definition) is 2. The highest BCUT2D eigenvalue weighted by Gasteiger charge is 2.11. The van der Waals surface area contributed by atoms with Gasteiger partial charge in [0.1, 0.15) is 0 Å². The molecule has 0 aliphatic heterocycles. The summed E-state index contributed by atoms with van der Waals surface area (Å²) >= 11 is 10.3. The Balaban J connectivity index is 2.21. The molecule has 1 heterocycles. The first kappa shape index (κ1) is 13.2. The average molecular weight is 378 g/mol. The summed E-state index contributed by atoms with van der Waals surface area (Å²) in [6.07, 6.45) is 1.04. The molecule has 1 aromatic carbocycles. The number of anilines is 1. The first-order chi connectivity index (χ1) is 8.20. The highest BCUT2D eigenvalue weighted by molar-refractivity contribution is 14.1. The molecule has 1 nitrogen and oxygen atoms in total. The molecule has 0 amide bonds. The average Bonchev–Trinajstić information content (AvgIpc) is 2.84. The minimum absolute atomic E-state index is 0.339. The van der Waals surface area contributed by atoms with Crippen LogP contribution in [0, 0.1) is 3.57 Å². The molecule has 1 atom stereocenters. The molecule has 0 aliphatic carbocycles. The number of halogens is 2. The van der Waals surface area contributed by atoms with Gasteiger partial charge in [-0.05, 0) is 58.7 Å². The van der Waals surface area contributed by atoms with Crippen LogP contribution in [0.4, 0.5) is 5.69 Å². The molecule has 17 heavy (non-hydrogen) atoms. The van der Waals surface area contributed by atoms with Crippen molar-refractivity contribution in [1.29, 1.82) is 0 Å². The van der Waals surface area contributed by atoms with Gasteiger partial charge >= 0.3 is 0 Å². The van der Waals surface area contributed by atoms with Gasteiger partial charge in [0.05, 0.1) is 16.8 Å². The Labute approximate surface area is 124 Å². The van der Waals surface area contributed by atoms with Crippen molar-refractivity contribution in [3.8, 4) is 0 Å². The second-order valence-electron chi connectivity index (χ2n) is 3.74. The third-order valence-electron chi connectivity index (χ3n) is 2.55. The van der Waals surface area contributed by atoms with Crippen LogP contribution in [0.3, 0.4) is 0 Å². The topological polar surface area (TPSA) is 12.0 Å². The smallest absolute Gasteiger partial charge is 0.0638 e. The van der Waals surface area contributed by atoms with Crippen LogP contribution >= 0.6 is 45.5 Å². The van der Waals surface area contributed by atoms with E-state index in [0.717, 1.165) is 17.1 Å². The fourth-order valence-electron chi connectivity index (χ4n) is 1.66. The van der Waals surface area contributed by atoms with E-state index < -0.39 is 0 Å². The fourth-order valence-corrected chi connectivity index (χ4v) is 3.18. The van der Waals surface area contributed by atoms with Gasteiger partial charge in [-0.25, -0.2) is 0 Å². The van der Waals surface area contributed by atoms with Crippen LogP contribution in [-0.2, 0) is 0 Å². The van der Waals surface area contributed by atoms with E-state index in [-0.39, 0.29) is 0 Å². The van der Waals surface area contributed by atoms with Gasteiger partial charge in [0.25, 0.3) is 0 Å². The lowest BCUT2D eigenvalue weighted by atomic mass is 10.1. The van der Waals surface area contributed by atoms with Crippen LogP contribution in [0.5, 0.6) is 0 Å². The summed E-state index contributed by atoms with van der Waals surface area (Å²) in [7, 11) is 0. The zero-order chi connectivity index (χ0) is 12.3. The van der Waals surface area contributed by atoms with Gasteiger partial charge in [-0.15, -0.1) is 11.3 Å². The van der Waals surface area contributed by atoms with Crippen molar-refractivity contribution in [2.45, 2.75) is 19.4 Å². The molecule has 1 aromatic heterocycles. The van der Waals surface area contributed by atoms with Crippen molar-refractivity contribution in [2.75, 3.05) is 5.32 Å². The maximum atomic E-state index is 6.20. The van der Waals surface area contributed by atoms with Gasteiger partial charge in [-0.2, -0.15) is 0 Å². The van der Waals surface area contributed by atoms with Crippen LogP contribution in [0.1, 0.15) is 24.3 Å². The molecule has 90 valence electrons. The molecule has 2 rings (SSSR count). The fraction of sp³-hybridized carbons (Fsp3) is 0.231. The Kier molecular flexibility index (Phi) is 4.70. The van der Waals surface area contributed by atoms with E-state index in [2.05, 4.69) is 58.4 Å². The number of benzene rings is 1. The summed E-state index contributed by atoms with van der Waals surface area (Å²) in [4.78, 5) is 1.35. The highest BCUT2D eigenvalue weighted by atomic mass is 127. The molecule has 0 fully saturated rings. The summed E-state index contributed by atoms with van der Waals surface area (Å²) in [5.74, 6) is 0. The highest BCUT2D eigenvalue weighted by Crippen LogP contribution is 2.30. The molecule has 0 saturated carbocycles. The largest absolute Gasteiger partial charge is 0.376 e. The van der Waals surface area contributed by atoms with Crippen LogP contribution in [0.25, 0.3) is 0 Å². The molecule has 1 unspecified atom stereocenters. The Bertz CT molecular complexity index is 484. The summed E-state index contributed by atoms with van der Waals surface area (Å²) in [6.45, 7) is 2.18. The Morgan fingerprint density at radius 1 is 1.41 bits per heavy atom. The van der Waals surface area contributed by atoms with Crippen molar-refractivity contribution in [3.63, 3.8) is 0 Å². The van der Waals surface area contributed by atoms with Gasteiger partial charge in [-0.3, -0.25) is 0 Å². The van der Waals surface area contributed by atoms with Crippen LogP contribution in [0.15, 0.2) is 35.7 Å². The van der Waals surface area contributed by atoms with E-state index >= 15 is 0 Å². The molecule has 0 saturated heterocycles. The van der Waals surface area contributed by atoms with E-state index in [4.69, 9.17) is 11.6 Å². The first-order valence-electron chi connectivity index (χ1n) is 5.45. The molecule has 4 heteroatoms. The van der Waals surface area contributed by atoms with E-state index in [0.29, 0.717) is 6.04 Å². The van der Waals surface area contributed by atoms with Crippen LogP contribution < -0.4 is 5.32 Å². The lowest BCUT2D eigenvalue weighted by Gasteiger charge is -2.18. The maximum Gasteiger partial charge on any atom is 0.0638 e. The molecule has 0 aliphatic rings. The second-order valence-corrected chi connectivity index (χ2v) is 6.38. The molecule has 0 bridgehead atoms. The summed E-state index contributed by atoms with van der Waals surface area (Å²) in [5.41, 5.74) is 1.01. The normalized spacial score (nSPS) is 12.4. The predicted octanol–water partition coefficient (Wildman–Crippen LogP) is 5.57. The van der Waals surface area contributed by atoms with Crippen molar-refractivity contribution >= 4 is 51.2 Å². The Morgan fingerprint density at radius 2 is 2.24 bits per heavy atom. The summed E-state index contributed by atoms with van der Waals surface area (Å²) in [6, 6.07) is 10.6. The van der Waals surface area contributed by atoms with Gasteiger partial charge in [0.2, 0.25) is 0 Å². The molecule has 0 radical (unpaired) electrons. The zero-order valence-electron chi connectivity index (χ0n) is 9.41. The first-order valence-corrected chi connectivity index (χ1v) is 7.79. The van der Waals surface area contributed by atoms with Gasteiger partial charge in [0, 0.05) is 8.45 Å². The summed E-state index contributed by atoms with van der Waals surface area (Å²) in [5, 5.41) is 6.40. The third kappa shape index (κ3) is 3.36. The quantitative estimate of drug-likeness (QED) is 0.687. The van der Waals surface area contributed by atoms with E-state index in [1.165, 1.54) is 8.45 Å². The molecule has 2 aromatic rings. The lowest BCUT2D eigenvalue weighted by molar-refractivity contribution is 0.764. The van der Waals surface area contributed by atoms with Crippen molar-refractivity contribution in [3.05, 3.63) is 49.2 Å². The van der Waals surface area contributed by atoms with Crippen LogP contribution in [-0.4, -0.2) is 0 Å². The molecule has 1 N–H and O–H groups in total. The number of nitrogens with one attached hydrogen (secondary N) is 1. The van der Waals surface area contributed by atoms with Gasteiger partial charge < -0.3 is 5.32 Å². The number of thiophene rings is 1. The molecular formula is C13H13ClINS. The standard InChI is InChI=1S/C13H13ClINS/c1-2-11(13-4-3-7-17-13)16-12-8-9(15)5-6-10(12)14/h3-8,11,16H,2H2,1H3. The van der Waals surface area contributed by atoms with Gasteiger partial charge in [-0.1, -0.05) is 24.6 Å². The van der Waals surface area contributed by atoms with Crippen molar-refractivity contribution < 1.29 is 0 Å². The number of rotatable bonds is 4. The minimum Gasteiger partial charge on any atom is -0.376 e. The Morgan fingerprint density at radius 3 is 2.88 bits per heavy atom. The zero-order valence-corrected chi connectivity index (χ0v) is 13.1. The van der Waals surface area contributed by atoms with Crippen molar-refractivity contribution in [2.24, 2.45) is 0 Å². The SMILES string of the molecule is CCC(Nc1cc(I)ccc1Cl)c1cccs1. The number of hydrogen-bond donors (Lipinski definition) is 1. The van der Waals surface area contributed by atoms with E-state index in [1.807, 2.05) is 12.1 Å². The lowest BCUT2D eigenvalue weighted by Crippen LogP contribution is -2.08. The minimum atomic E-state index is 0.339. The van der Waals surface area contributed by atoms with E-state index in [1.54, 1.807) is 11.3 Å². The van der Waals surface area contributed by atoms with Gasteiger partial charge in [0.15, 0.2) is 0 Å². The third-order valence-corrected chi connectivity index (χ3v) is 4.54. The van der Waals surface area contributed by atoms with Crippen LogP contribution in [0.2, 0.25) is 5.02 Å². The van der Waals surface area contributed by atoms with Crippen molar-refractivity contribution in [1.82, 2.24) is 0 Å². The Hall–Kier alpha value is -0.260. The summed E-state index contributed by atoms with van der Waals surface area (Å²) < 4.78 is 1.19. The second kappa shape index (κ2) is 6.07. The monoisotopic (exact) mass is 377 g/mol. The predicted molar refractivity (Wildman–Crippen MR) is 85.1 cm³/mol. The van der Waals surface area contributed by atoms with E-state index in [9.17, 15) is 0 Å². The molecule has 0 spiro atoms. The maximum absolute atomic E-state index is 6.20.